The average Bonchev–Trinajstić information content (AvgIpc) is 2.84. The van der Waals surface area contributed by atoms with E-state index in [0.717, 1.165) is 11.6 Å². The maximum absolute atomic E-state index is 13.0. The summed E-state index contributed by atoms with van der Waals surface area (Å²) in [6, 6.07) is 15.4. The maximum atomic E-state index is 13.0. The van der Waals surface area contributed by atoms with Crippen LogP contribution in [0, 0.1) is 17.0 Å². The van der Waals surface area contributed by atoms with Gasteiger partial charge in [-0.05, 0) is 37.3 Å². The second-order valence-electron chi connectivity index (χ2n) is 8.22. The van der Waals surface area contributed by atoms with Crippen molar-refractivity contribution in [2.75, 3.05) is 36.4 Å². The zero-order valence-electron chi connectivity index (χ0n) is 19.1. The predicted octanol–water partition coefficient (Wildman–Crippen LogP) is 4.97. The molecule has 0 saturated carbocycles. The summed E-state index contributed by atoms with van der Waals surface area (Å²) in [4.78, 5) is 25.4. The van der Waals surface area contributed by atoms with Gasteiger partial charge in [0.2, 0.25) is 10.0 Å². The zero-order valence-corrected chi connectivity index (χ0v) is 21.5. The molecule has 0 radical (unpaired) electrons. The van der Waals surface area contributed by atoms with Crippen molar-refractivity contribution in [1.29, 1.82) is 0 Å². The summed E-state index contributed by atoms with van der Waals surface area (Å²) < 4.78 is 27.5. The SMILES string of the molecule is Cc1ccc(S(=O)(=O)N2CCN(c3c(Cl)cccc3NC(=O)c3ccc([N+](=O)[O-])cc3Cl)CC2)cc1. The first-order chi connectivity index (χ1) is 17.1. The van der Waals surface area contributed by atoms with Gasteiger partial charge in [0.15, 0.2) is 0 Å². The fraction of sp³-hybridized carbons (Fsp3) is 0.208. The lowest BCUT2D eigenvalue weighted by molar-refractivity contribution is -0.384. The van der Waals surface area contributed by atoms with E-state index in [1.165, 1.54) is 16.4 Å². The van der Waals surface area contributed by atoms with Crippen molar-refractivity contribution < 1.29 is 18.1 Å². The molecule has 12 heteroatoms. The number of carbonyl (C=O) groups excluding carboxylic acids is 1. The summed E-state index contributed by atoms with van der Waals surface area (Å²) in [5.41, 5.74) is 1.79. The number of benzene rings is 3. The number of nitro benzene ring substituents is 1. The number of hydrogen-bond donors (Lipinski definition) is 1. The molecular formula is C24H22Cl2N4O5S. The van der Waals surface area contributed by atoms with Gasteiger partial charge in [-0.25, -0.2) is 8.42 Å². The highest BCUT2D eigenvalue weighted by atomic mass is 35.5. The molecule has 9 nitrogen and oxygen atoms in total. The molecule has 4 rings (SSSR count). The first kappa shape index (κ1) is 25.9. The van der Waals surface area contributed by atoms with Gasteiger partial charge in [0, 0.05) is 38.3 Å². The topological polar surface area (TPSA) is 113 Å². The number of non-ortho nitro benzene ring substituents is 1. The number of aryl methyl sites for hydroxylation is 1. The standard InChI is InChI=1S/C24H22Cl2N4O5S/c1-16-5-8-18(9-6-16)36(34,35)29-13-11-28(12-14-29)23-20(25)3-2-4-22(23)27-24(31)19-10-7-17(30(32)33)15-21(19)26/h2-10,15H,11-14H2,1H3,(H,27,31). The van der Waals surface area contributed by atoms with Crippen LogP contribution in [-0.2, 0) is 10.0 Å². The van der Waals surface area contributed by atoms with Crippen molar-refractivity contribution in [3.05, 3.63) is 92.0 Å². The third-order valence-electron chi connectivity index (χ3n) is 5.86. The van der Waals surface area contributed by atoms with Gasteiger partial charge in [-0.3, -0.25) is 14.9 Å². The Morgan fingerprint density at radius 1 is 0.972 bits per heavy atom. The number of amides is 1. The van der Waals surface area contributed by atoms with Gasteiger partial charge in [0.1, 0.15) is 0 Å². The number of hydrogen-bond acceptors (Lipinski definition) is 6. The van der Waals surface area contributed by atoms with Crippen LogP contribution in [0.25, 0.3) is 0 Å². The molecule has 3 aromatic carbocycles. The van der Waals surface area contributed by atoms with E-state index in [4.69, 9.17) is 23.2 Å². The van der Waals surface area contributed by atoms with E-state index < -0.39 is 20.9 Å². The van der Waals surface area contributed by atoms with Crippen LogP contribution in [0.4, 0.5) is 17.1 Å². The smallest absolute Gasteiger partial charge is 0.270 e. The second kappa shape index (κ2) is 10.4. The number of halogens is 2. The number of anilines is 2. The Hall–Kier alpha value is -3.18. The van der Waals surface area contributed by atoms with Crippen LogP contribution in [0.5, 0.6) is 0 Å². The molecule has 1 aliphatic heterocycles. The highest BCUT2D eigenvalue weighted by Crippen LogP contribution is 2.36. The second-order valence-corrected chi connectivity index (χ2v) is 11.0. The molecule has 3 aromatic rings. The number of nitrogens with one attached hydrogen (secondary N) is 1. The molecule has 1 fully saturated rings. The molecule has 1 heterocycles. The fourth-order valence-corrected chi connectivity index (χ4v) is 5.92. The van der Waals surface area contributed by atoms with E-state index in [-0.39, 0.29) is 34.3 Å². The Morgan fingerprint density at radius 3 is 2.25 bits per heavy atom. The first-order valence-electron chi connectivity index (χ1n) is 10.9. The summed E-state index contributed by atoms with van der Waals surface area (Å²) in [5, 5.41) is 14.1. The molecule has 0 aliphatic carbocycles. The van der Waals surface area contributed by atoms with E-state index in [2.05, 4.69) is 5.32 Å². The van der Waals surface area contributed by atoms with E-state index in [9.17, 15) is 23.3 Å². The molecule has 0 atom stereocenters. The zero-order chi connectivity index (χ0) is 26.0. The number of rotatable bonds is 6. The van der Waals surface area contributed by atoms with Crippen molar-refractivity contribution in [3.63, 3.8) is 0 Å². The molecule has 188 valence electrons. The lowest BCUT2D eigenvalue weighted by Gasteiger charge is -2.36. The lowest BCUT2D eigenvalue weighted by Crippen LogP contribution is -2.49. The van der Waals surface area contributed by atoms with Gasteiger partial charge in [0.05, 0.1) is 36.8 Å². The Kier molecular flexibility index (Phi) is 7.51. The fourth-order valence-electron chi connectivity index (χ4n) is 3.94. The summed E-state index contributed by atoms with van der Waals surface area (Å²) in [7, 11) is -3.63. The van der Waals surface area contributed by atoms with Gasteiger partial charge >= 0.3 is 0 Å². The minimum absolute atomic E-state index is 0.0554. The number of sulfonamides is 1. The van der Waals surface area contributed by atoms with Gasteiger partial charge in [-0.1, -0.05) is 47.0 Å². The van der Waals surface area contributed by atoms with Gasteiger partial charge < -0.3 is 10.2 Å². The Labute approximate surface area is 218 Å². The van der Waals surface area contributed by atoms with E-state index in [1.54, 1.807) is 42.5 Å². The van der Waals surface area contributed by atoms with Gasteiger partial charge in [-0.15, -0.1) is 0 Å². The molecule has 1 saturated heterocycles. The average molecular weight is 549 g/mol. The monoisotopic (exact) mass is 548 g/mol. The molecule has 0 spiro atoms. The van der Waals surface area contributed by atoms with Crippen LogP contribution < -0.4 is 10.2 Å². The minimum Gasteiger partial charge on any atom is -0.366 e. The largest absolute Gasteiger partial charge is 0.366 e. The van der Waals surface area contributed by atoms with Crippen molar-refractivity contribution in [2.24, 2.45) is 0 Å². The van der Waals surface area contributed by atoms with Crippen molar-refractivity contribution in [2.45, 2.75) is 11.8 Å². The van der Waals surface area contributed by atoms with Crippen LogP contribution in [0.1, 0.15) is 15.9 Å². The van der Waals surface area contributed by atoms with E-state index >= 15 is 0 Å². The third kappa shape index (κ3) is 5.31. The Bertz CT molecular complexity index is 1420. The highest BCUT2D eigenvalue weighted by molar-refractivity contribution is 7.89. The van der Waals surface area contributed by atoms with E-state index in [1.807, 2.05) is 11.8 Å². The number of nitrogens with zero attached hydrogens (tertiary/aromatic N) is 3. The van der Waals surface area contributed by atoms with Gasteiger partial charge in [-0.2, -0.15) is 4.31 Å². The first-order valence-corrected chi connectivity index (χ1v) is 13.1. The quantitative estimate of drug-likeness (QED) is 0.343. The molecule has 1 amide bonds. The molecule has 0 aromatic heterocycles. The molecule has 0 bridgehead atoms. The number of para-hydroxylation sites is 1. The number of nitro groups is 1. The Balaban J connectivity index is 1.52. The normalized spacial score (nSPS) is 14.5. The van der Waals surface area contributed by atoms with Crippen LogP contribution in [0.2, 0.25) is 10.0 Å². The van der Waals surface area contributed by atoms with Crippen molar-refractivity contribution in [1.82, 2.24) is 4.31 Å². The van der Waals surface area contributed by atoms with Crippen LogP contribution in [0.3, 0.4) is 0 Å². The summed E-state index contributed by atoms with van der Waals surface area (Å²) in [5.74, 6) is -0.556. The Morgan fingerprint density at radius 2 is 1.64 bits per heavy atom. The molecular weight excluding hydrogens is 527 g/mol. The third-order valence-corrected chi connectivity index (χ3v) is 8.39. The van der Waals surface area contributed by atoms with Crippen LogP contribution in [-0.4, -0.2) is 49.7 Å². The molecule has 1 N–H and O–H groups in total. The number of carbonyl (C=O) groups is 1. The van der Waals surface area contributed by atoms with Crippen LogP contribution in [0.15, 0.2) is 65.6 Å². The molecule has 1 aliphatic rings. The van der Waals surface area contributed by atoms with E-state index in [0.29, 0.717) is 29.5 Å². The highest BCUT2D eigenvalue weighted by Gasteiger charge is 2.30. The maximum Gasteiger partial charge on any atom is 0.270 e. The lowest BCUT2D eigenvalue weighted by atomic mass is 10.1. The van der Waals surface area contributed by atoms with Gasteiger partial charge in [0.25, 0.3) is 11.6 Å². The number of piperazine rings is 1. The predicted molar refractivity (Wildman–Crippen MR) is 140 cm³/mol. The van der Waals surface area contributed by atoms with Crippen LogP contribution >= 0.6 is 23.2 Å². The van der Waals surface area contributed by atoms with Crippen molar-refractivity contribution >= 4 is 56.2 Å². The van der Waals surface area contributed by atoms with Crippen molar-refractivity contribution in [3.8, 4) is 0 Å². The summed E-state index contributed by atoms with van der Waals surface area (Å²) >= 11 is 12.6. The summed E-state index contributed by atoms with van der Waals surface area (Å²) in [6.07, 6.45) is 0. The molecule has 36 heavy (non-hydrogen) atoms. The minimum atomic E-state index is -3.63. The summed E-state index contributed by atoms with van der Waals surface area (Å²) in [6.45, 7) is 3.09. The molecule has 0 unspecified atom stereocenters.